The molecule has 3 aromatic rings. The molecule has 2 N–H and O–H groups in total. The first-order valence-corrected chi connectivity index (χ1v) is 9.33. The Morgan fingerprint density at radius 3 is 2.89 bits per heavy atom. The number of hydrogen-bond donors (Lipinski definition) is 2. The molecule has 0 unspecified atom stereocenters. The molecule has 28 heavy (non-hydrogen) atoms. The zero-order valence-corrected chi connectivity index (χ0v) is 15.9. The largest absolute Gasteiger partial charge is 0.336 e. The van der Waals surface area contributed by atoms with Crippen LogP contribution < -0.4 is 10.6 Å². The van der Waals surface area contributed by atoms with Gasteiger partial charge in [-0.3, -0.25) is 5.32 Å². The van der Waals surface area contributed by atoms with Crippen molar-refractivity contribution in [3.63, 3.8) is 0 Å². The third kappa shape index (κ3) is 3.90. The summed E-state index contributed by atoms with van der Waals surface area (Å²) < 4.78 is 17.1. The van der Waals surface area contributed by atoms with E-state index in [-0.39, 0.29) is 17.9 Å². The number of carbonyl (C=O) groups is 1. The van der Waals surface area contributed by atoms with E-state index in [2.05, 4.69) is 20.7 Å². The van der Waals surface area contributed by atoms with Crippen LogP contribution >= 0.6 is 0 Å². The van der Waals surface area contributed by atoms with Crippen LogP contribution in [0.5, 0.6) is 0 Å². The van der Waals surface area contributed by atoms with Crippen LogP contribution in [0.3, 0.4) is 0 Å². The number of halogens is 1. The average Bonchev–Trinajstić information content (AvgIpc) is 3.34. The Balaban J connectivity index is 1.48. The van der Waals surface area contributed by atoms with Gasteiger partial charge in [-0.05, 0) is 43.4 Å². The maximum Gasteiger partial charge on any atom is 0.321 e. The maximum absolute atomic E-state index is 13.5. The number of benzene rings is 1. The van der Waals surface area contributed by atoms with Crippen LogP contribution in [0.15, 0.2) is 42.9 Å². The average molecular weight is 382 g/mol. The van der Waals surface area contributed by atoms with Crippen molar-refractivity contribution >= 4 is 11.8 Å². The molecule has 146 valence electrons. The number of carbonyl (C=O) groups excluding carboxylic acids is 1. The first-order valence-electron chi connectivity index (χ1n) is 9.33. The summed E-state index contributed by atoms with van der Waals surface area (Å²) >= 11 is 0. The maximum atomic E-state index is 13.5. The molecule has 0 radical (unpaired) electrons. The second kappa shape index (κ2) is 7.46. The predicted octanol–water partition coefficient (Wildman–Crippen LogP) is 3.39. The molecule has 7 nitrogen and oxygen atoms in total. The fraction of sp³-hybridized carbons (Fsp3) is 0.350. The van der Waals surface area contributed by atoms with E-state index < -0.39 is 0 Å². The second-order valence-corrected chi connectivity index (χ2v) is 7.27. The summed E-state index contributed by atoms with van der Waals surface area (Å²) in [5, 5.41) is 10.3. The molecule has 0 aliphatic heterocycles. The monoisotopic (exact) mass is 382 g/mol. The zero-order chi connectivity index (χ0) is 19.7. The Bertz CT molecular complexity index is 990. The van der Waals surface area contributed by atoms with Crippen LogP contribution in [0.1, 0.15) is 35.8 Å². The van der Waals surface area contributed by atoms with Crippen molar-refractivity contribution in [1.82, 2.24) is 24.6 Å². The molecule has 0 saturated heterocycles. The molecule has 1 aliphatic rings. The summed E-state index contributed by atoms with van der Waals surface area (Å²) in [4.78, 5) is 17.1. The predicted molar refractivity (Wildman–Crippen MR) is 103 cm³/mol. The molecule has 1 aromatic carbocycles. The van der Waals surface area contributed by atoms with Gasteiger partial charge >= 0.3 is 6.03 Å². The van der Waals surface area contributed by atoms with Crippen molar-refractivity contribution in [1.29, 1.82) is 0 Å². The van der Waals surface area contributed by atoms with E-state index in [1.54, 1.807) is 23.1 Å². The molecule has 1 fully saturated rings. The highest BCUT2D eigenvalue weighted by Crippen LogP contribution is 2.40. The van der Waals surface area contributed by atoms with Crippen molar-refractivity contribution < 1.29 is 9.18 Å². The molecule has 1 aliphatic carbocycles. The third-order valence-corrected chi connectivity index (χ3v) is 4.99. The lowest BCUT2D eigenvalue weighted by atomic mass is 10.1. The number of aromatic nitrogens is 4. The van der Waals surface area contributed by atoms with Crippen molar-refractivity contribution in [2.45, 2.75) is 32.4 Å². The smallest absolute Gasteiger partial charge is 0.321 e. The standard InChI is InChI=1S/C20H23FN6O/c1-13-11-23-27(12-14-4-3-5-16(21)10-14)18(13)25-20(28)24-17(15-6-7-15)19-22-8-9-26(19)2/h3-5,8-11,15,17H,6-7,12H2,1-2H3,(H2,24,25,28)/t17-/m0/s1. The van der Waals surface area contributed by atoms with Gasteiger partial charge in [0.25, 0.3) is 0 Å². The summed E-state index contributed by atoms with van der Waals surface area (Å²) in [6, 6.07) is 5.93. The topological polar surface area (TPSA) is 76.8 Å². The molecule has 2 aromatic heterocycles. The summed E-state index contributed by atoms with van der Waals surface area (Å²) in [7, 11) is 1.93. The molecule has 2 amide bonds. The fourth-order valence-corrected chi connectivity index (χ4v) is 3.35. The van der Waals surface area contributed by atoms with Gasteiger partial charge in [-0.1, -0.05) is 12.1 Å². The van der Waals surface area contributed by atoms with Gasteiger partial charge in [-0.2, -0.15) is 5.10 Å². The highest BCUT2D eigenvalue weighted by Gasteiger charge is 2.35. The van der Waals surface area contributed by atoms with Crippen LogP contribution in [-0.2, 0) is 13.6 Å². The number of aryl methyl sites for hydroxylation is 2. The Labute approximate surface area is 162 Å². The van der Waals surface area contributed by atoms with E-state index in [9.17, 15) is 9.18 Å². The molecule has 1 saturated carbocycles. The second-order valence-electron chi connectivity index (χ2n) is 7.27. The van der Waals surface area contributed by atoms with E-state index in [1.807, 2.05) is 30.8 Å². The molecule has 0 bridgehead atoms. The summed E-state index contributed by atoms with van der Waals surface area (Å²) in [6.07, 6.45) is 7.46. The number of amides is 2. The normalized spacial score (nSPS) is 14.7. The van der Waals surface area contributed by atoms with Gasteiger partial charge in [-0.25, -0.2) is 18.9 Å². The van der Waals surface area contributed by atoms with E-state index in [4.69, 9.17) is 0 Å². The zero-order valence-electron chi connectivity index (χ0n) is 15.9. The minimum Gasteiger partial charge on any atom is -0.336 e. The van der Waals surface area contributed by atoms with E-state index in [0.717, 1.165) is 29.8 Å². The van der Waals surface area contributed by atoms with E-state index >= 15 is 0 Å². The molecule has 4 rings (SSSR count). The lowest BCUT2D eigenvalue weighted by molar-refractivity contribution is 0.246. The van der Waals surface area contributed by atoms with Crippen LogP contribution in [0.4, 0.5) is 15.0 Å². The van der Waals surface area contributed by atoms with Gasteiger partial charge < -0.3 is 9.88 Å². The summed E-state index contributed by atoms with van der Waals surface area (Å²) in [6.45, 7) is 2.24. The molecular weight excluding hydrogens is 359 g/mol. The molecule has 1 atom stereocenters. The first-order chi connectivity index (χ1) is 13.5. The molecule has 0 spiro atoms. The SMILES string of the molecule is Cc1cnn(Cc2cccc(F)c2)c1NC(=O)N[C@H](c1nccn1C)C1CC1. The van der Waals surface area contributed by atoms with Gasteiger partial charge in [0.05, 0.1) is 18.8 Å². The summed E-state index contributed by atoms with van der Waals surface area (Å²) in [5.41, 5.74) is 1.61. The minimum absolute atomic E-state index is 0.125. The summed E-state index contributed by atoms with van der Waals surface area (Å²) in [5.74, 6) is 1.56. The third-order valence-electron chi connectivity index (χ3n) is 4.99. The highest BCUT2D eigenvalue weighted by molar-refractivity contribution is 5.89. The quantitative estimate of drug-likeness (QED) is 0.686. The van der Waals surface area contributed by atoms with Gasteiger partial charge in [-0.15, -0.1) is 0 Å². The Morgan fingerprint density at radius 1 is 1.39 bits per heavy atom. The van der Waals surface area contributed by atoms with Crippen molar-refractivity contribution in [2.75, 3.05) is 5.32 Å². The molecule has 2 heterocycles. The Hall–Kier alpha value is -3.16. The fourth-order valence-electron chi connectivity index (χ4n) is 3.35. The number of hydrogen-bond acceptors (Lipinski definition) is 3. The van der Waals surface area contributed by atoms with Crippen LogP contribution in [0.25, 0.3) is 0 Å². The lowest BCUT2D eigenvalue weighted by Gasteiger charge is -2.19. The minimum atomic E-state index is -0.302. The number of urea groups is 1. The van der Waals surface area contributed by atoms with Crippen LogP contribution in [0.2, 0.25) is 0 Å². The number of imidazole rings is 1. The lowest BCUT2D eigenvalue weighted by Crippen LogP contribution is -2.35. The van der Waals surface area contributed by atoms with E-state index in [0.29, 0.717) is 18.3 Å². The van der Waals surface area contributed by atoms with Gasteiger partial charge in [0.1, 0.15) is 17.5 Å². The number of rotatable bonds is 6. The molecular formula is C20H23FN6O. The molecule has 8 heteroatoms. The van der Waals surface area contributed by atoms with Crippen LogP contribution in [-0.4, -0.2) is 25.4 Å². The van der Waals surface area contributed by atoms with Crippen molar-refractivity contribution in [2.24, 2.45) is 13.0 Å². The van der Waals surface area contributed by atoms with Crippen LogP contribution in [0, 0.1) is 18.7 Å². The number of nitrogens with zero attached hydrogens (tertiary/aromatic N) is 4. The number of nitrogens with one attached hydrogen (secondary N) is 2. The highest BCUT2D eigenvalue weighted by atomic mass is 19.1. The Morgan fingerprint density at radius 2 is 2.21 bits per heavy atom. The van der Waals surface area contributed by atoms with Gasteiger partial charge in [0.15, 0.2) is 0 Å². The van der Waals surface area contributed by atoms with Gasteiger partial charge in [0, 0.05) is 25.0 Å². The van der Waals surface area contributed by atoms with E-state index in [1.165, 1.54) is 12.1 Å². The van der Waals surface area contributed by atoms with Crippen molar-refractivity contribution in [3.8, 4) is 0 Å². The van der Waals surface area contributed by atoms with Crippen molar-refractivity contribution in [3.05, 3.63) is 65.6 Å². The van der Waals surface area contributed by atoms with Gasteiger partial charge in [0.2, 0.25) is 0 Å². The Kier molecular flexibility index (Phi) is 4.85. The number of anilines is 1. The first kappa shape index (κ1) is 18.2.